The van der Waals surface area contributed by atoms with Crippen molar-refractivity contribution in [3.8, 4) is 11.5 Å². The summed E-state index contributed by atoms with van der Waals surface area (Å²) in [5, 5.41) is 5.11. The maximum Gasteiger partial charge on any atom is 0.338 e. The van der Waals surface area contributed by atoms with Gasteiger partial charge in [-0.2, -0.15) is 0 Å². The van der Waals surface area contributed by atoms with Crippen molar-refractivity contribution in [3.05, 3.63) is 17.7 Å². The molecular weight excluding hydrogens is 302 g/mol. The fourth-order valence-electron chi connectivity index (χ4n) is 1.56. The van der Waals surface area contributed by atoms with Gasteiger partial charge >= 0.3 is 5.97 Å². The Kier molecular flexibility index (Phi) is 5.94. The lowest BCUT2D eigenvalue weighted by molar-refractivity contribution is 0.0387. The first-order valence-electron chi connectivity index (χ1n) is 5.80. The quantitative estimate of drug-likeness (QED) is 0.562. The third-order valence-corrected chi connectivity index (χ3v) is 3.42. The van der Waals surface area contributed by atoms with Crippen molar-refractivity contribution in [3.63, 3.8) is 0 Å². The van der Waals surface area contributed by atoms with Crippen molar-refractivity contribution in [2.75, 3.05) is 34.5 Å². The van der Waals surface area contributed by atoms with E-state index in [0.717, 1.165) is 6.07 Å². The van der Waals surface area contributed by atoms with Gasteiger partial charge in [0.2, 0.25) is 10.0 Å². The number of carbonyl (C=O) groups is 1. The standard InChI is InChI=1S/C12H17NO7S/c1-17-4-5-20-12(14)8-6-9(18-2)11(19-3)10(7-8)21(13,15)16/h6-7H,4-5H2,1-3H3,(H2,13,15,16). The van der Waals surface area contributed by atoms with Gasteiger partial charge in [0.1, 0.15) is 11.5 Å². The number of sulfonamides is 1. The molecule has 0 unspecified atom stereocenters. The smallest absolute Gasteiger partial charge is 0.338 e. The molecule has 0 heterocycles. The summed E-state index contributed by atoms with van der Waals surface area (Å²) >= 11 is 0. The molecule has 0 aromatic heterocycles. The first-order chi connectivity index (χ1) is 9.85. The molecule has 0 radical (unpaired) electrons. The summed E-state index contributed by atoms with van der Waals surface area (Å²) in [6.45, 7) is 0.259. The number of hydrogen-bond donors (Lipinski definition) is 1. The van der Waals surface area contributed by atoms with Gasteiger partial charge in [-0.15, -0.1) is 0 Å². The predicted molar refractivity (Wildman–Crippen MR) is 73.1 cm³/mol. The van der Waals surface area contributed by atoms with Gasteiger partial charge in [0.05, 0.1) is 26.4 Å². The first-order valence-corrected chi connectivity index (χ1v) is 7.34. The zero-order valence-corrected chi connectivity index (χ0v) is 12.7. The van der Waals surface area contributed by atoms with E-state index in [1.54, 1.807) is 0 Å². The third-order valence-electron chi connectivity index (χ3n) is 2.51. The molecule has 0 bridgehead atoms. The number of methoxy groups -OCH3 is 3. The average Bonchev–Trinajstić information content (AvgIpc) is 2.44. The van der Waals surface area contributed by atoms with Crippen molar-refractivity contribution < 1.29 is 32.2 Å². The molecule has 0 spiro atoms. The third kappa shape index (κ3) is 4.31. The maximum atomic E-state index is 11.9. The number of rotatable bonds is 7. The van der Waals surface area contributed by atoms with Crippen LogP contribution in [-0.2, 0) is 19.5 Å². The highest BCUT2D eigenvalue weighted by Crippen LogP contribution is 2.35. The maximum absolute atomic E-state index is 11.9. The molecule has 0 saturated heterocycles. The summed E-state index contributed by atoms with van der Waals surface area (Å²) in [6.07, 6.45) is 0. The van der Waals surface area contributed by atoms with Crippen molar-refractivity contribution in [1.82, 2.24) is 0 Å². The van der Waals surface area contributed by atoms with Gasteiger partial charge in [0.25, 0.3) is 0 Å². The second-order valence-electron chi connectivity index (χ2n) is 3.88. The Morgan fingerprint density at radius 1 is 1.14 bits per heavy atom. The molecule has 0 saturated carbocycles. The summed E-state index contributed by atoms with van der Waals surface area (Å²) in [6, 6.07) is 2.38. The second-order valence-corrected chi connectivity index (χ2v) is 5.41. The van der Waals surface area contributed by atoms with Crippen LogP contribution in [0.3, 0.4) is 0 Å². The Morgan fingerprint density at radius 3 is 2.29 bits per heavy atom. The molecule has 2 N–H and O–H groups in total. The van der Waals surface area contributed by atoms with Gasteiger partial charge in [-0.25, -0.2) is 18.4 Å². The van der Waals surface area contributed by atoms with Crippen LogP contribution >= 0.6 is 0 Å². The van der Waals surface area contributed by atoms with E-state index >= 15 is 0 Å². The van der Waals surface area contributed by atoms with E-state index in [0.29, 0.717) is 0 Å². The minimum Gasteiger partial charge on any atom is -0.493 e. The minimum atomic E-state index is -4.10. The minimum absolute atomic E-state index is 0.0206. The Balaban J connectivity index is 3.27. The molecular formula is C12H17NO7S. The average molecular weight is 319 g/mol. The van der Waals surface area contributed by atoms with Crippen LogP contribution in [0, 0.1) is 0 Å². The van der Waals surface area contributed by atoms with E-state index in [-0.39, 0.29) is 35.2 Å². The normalized spacial score (nSPS) is 11.0. The van der Waals surface area contributed by atoms with Gasteiger partial charge < -0.3 is 18.9 Å². The number of carbonyl (C=O) groups excluding carboxylic acids is 1. The molecule has 0 atom stereocenters. The Bertz CT molecular complexity index is 612. The van der Waals surface area contributed by atoms with Crippen molar-refractivity contribution in [2.24, 2.45) is 5.14 Å². The first kappa shape index (κ1) is 17.2. The zero-order chi connectivity index (χ0) is 16.0. The number of hydrogen-bond acceptors (Lipinski definition) is 7. The number of ether oxygens (including phenoxy) is 4. The van der Waals surface area contributed by atoms with E-state index < -0.39 is 16.0 Å². The summed E-state index contributed by atoms with van der Waals surface area (Å²) in [5.41, 5.74) is -0.0206. The van der Waals surface area contributed by atoms with Crippen LogP contribution in [0.15, 0.2) is 17.0 Å². The molecule has 9 heteroatoms. The van der Waals surface area contributed by atoms with Crippen molar-refractivity contribution >= 4 is 16.0 Å². The number of benzene rings is 1. The van der Waals surface area contributed by atoms with Gasteiger partial charge in [-0.05, 0) is 12.1 Å². The van der Waals surface area contributed by atoms with E-state index in [4.69, 9.17) is 24.1 Å². The topological polar surface area (TPSA) is 114 Å². The van der Waals surface area contributed by atoms with E-state index in [1.165, 1.54) is 27.4 Å². The van der Waals surface area contributed by atoms with Crippen LogP contribution in [0.1, 0.15) is 10.4 Å². The predicted octanol–water partition coefficient (Wildman–Crippen LogP) is 0.154. The SMILES string of the molecule is COCCOC(=O)c1cc(OC)c(OC)c(S(N)(=O)=O)c1. The molecule has 0 aliphatic heterocycles. The highest BCUT2D eigenvalue weighted by molar-refractivity contribution is 7.89. The molecule has 0 fully saturated rings. The summed E-state index contributed by atoms with van der Waals surface area (Å²) in [7, 11) is -0.0579. The van der Waals surface area contributed by atoms with E-state index in [2.05, 4.69) is 0 Å². The lowest BCUT2D eigenvalue weighted by Gasteiger charge is -2.13. The fourth-order valence-corrected chi connectivity index (χ4v) is 2.29. The van der Waals surface area contributed by atoms with Crippen LogP contribution in [0.2, 0.25) is 0 Å². The molecule has 8 nitrogen and oxygen atoms in total. The van der Waals surface area contributed by atoms with Crippen LogP contribution in [0.25, 0.3) is 0 Å². The fraction of sp³-hybridized carbons (Fsp3) is 0.417. The van der Waals surface area contributed by atoms with E-state index in [9.17, 15) is 13.2 Å². The Morgan fingerprint density at radius 2 is 1.81 bits per heavy atom. The molecule has 0 amide bonds. The molecule has 1 rings (SSSR count). The molecule has 0 aliphatic rings. The summed E-state index contributed by atoms with van der Waals surface area (Å²) in [4.78, 5) is 11.5. The lowest BCUT2D eigenvalue weighted by atomic mass is 10.2. The van der Waals surface area contributed by atoms with Crippen LogP contribution in [0.5, 0.6) is 11.5 Å². The van der Waals surface area contributed by atoms with Gasteiger partial charge in [-0.3, -0.25) is 0 Å². The van der Waals surface area contributed by atoms with Crippen molar-refractivity contribution in [1.29, 1.82) is 0 Å². The number of esters is 1. The molecule has 21 heavy (non-hydrogen) atoms. The Labute approximate surface area is 122 Å². The van der Waals surface area contributed by atoms with Crippen LogP contribution in [0.4, 0.5) is 0 Å². The molecule has 0 aliphatic carbocycles. The molecule has 1 aromatic carbocycles. The monoisotopic (exact) mass is 319 g/mol. The van der Waals surface area contributed by atoms with Crippen LogP contribution < -0.4 is 14.6 Å². The highest BCUT2D eigenvalue weighted by atomic mass is 32.2. The zero-order valence-electron chi connectivity index (χ0n) is 11.9. The van der Waals surface area contributed by atoms with Crippen LogP contribution in [-0.4, -0.2) is 48.9 Å². The largest absolute Gasteiger partial charge is 0.493 e. The molecule has 118 valence electrons. The summed E-state index contributed by atoms with van der Waals surface area (Å²) in [5.74, 6) is -0.742. The number of primary sulfonamides is 1. The second kappa shape index (κ2) is 7.25. The highest BCUT2D eigenvalue weighted by Gasteiger charge is 2.23. The lowest BCUT2D eigenvalue weighted by Crippen LogP contribution is -2.16. The van der Waals surface area contributed by atoms with Crippen molar-refractivity contribution in [2.45, 2.75) is 4.90 Å². The van der Waals surface area contributed by atoms with Gasteiger partial charge in [0.15, 0.2) is 11.5 Å². The van der Waals surface area contributed by atoms with Gasteiger partial charge in [0, 0.05) is 7.11 Å². The number of nitrogens with two attached hydrogens (primary N) is 1. The summed E-state index contributed by atoms with van der Waals surface area (Å²) < 4.78 is 42.8. The molecule has 1 aromatic rings. The Hall–Kier alpha value is -1.84. The van der Waals surface area contributed by atoms with Gasteiger partial charge in [-0.1, -0.05) is 0 Å². The van der Waals surface area contributed by atoms with E-state index in [1.807, 2.05) is 0 Å².